The van der Waals surface area contributed by atoms with Gasteiger partial charge in [0.2, 0.25) is 0 Å². The lowest BCUT2D eigenvalue weighted by atomic mass is 10.0. The monoisotopic (exact) mass is 426 g/mol. The van der Waals surface area contributed by atoms with Gasteiger partial charge in [-0.15, -0.1) is 0 Å². The first-order chi connectivity index (χ1) is 14.7. The predicted octanol–water partition coefficient (Wildman–Crippen LogP) is 3.81. The van der Waals surface area contributed by atoms with E-state index in [1.807, 2.05) is 0 Å². The molecule has 0 aliphatic carbocycles. The molecule has 0 saturated heterocycles. The van der Waals surface area contributed by atoms with E-state index >= 15 is 0 Å². The van der Waals surface area contributed by atoms with Crippen LogP contribution in [0.25, 0.3) is 12.2 Å². The van der Waals surface area contributed by atoms with Gasteiger partial charge in [0, 0.05) is 20.8 Å². The normalized spacial score (nSPS) is 10.5. The maximum absolute atomic E-state index is 12.4. The van der Waals surface area contributed by atoms with Crippen LogP contribution in [-0.4, -0.2) is 30.5 Å². The van der Waals surface area contributed by atoms with Gasteiger partial charge in [0.1, 0.15) is 11.3 Å². The Bertz CT molecular complexity index is 1040. The third-order valence-electron chi connectivity index (χ3n) is 3.72. The van der Waals surface area contributed by atoms with Crippen LogP contribution in [-0.2, 0) is 19.1 Å². The molecule has 0 aliphatic heterocycles. The van der Waals surface area contributed by atoms with Gasteiger partial charge in [0.15, 0.2) is 11.5 Å². The lowest BCUT2D eigenvalue weighted by Crippen LogP contribution is -2.12. The average molecular weight is 426 g/mol. The number of rotatable bonds is 7. The smallest absolute Gasteiger partial charge is 0.342 e. The van der Waals surface area contributed by atoms with Crippen LogP contribution >= 0.6 is 0 Å². The summed E-state index contributed by atoms with van der Waals surface area (Å²) in [6.07, 6.45) is 3.28. The second-order valence-corrected chi connectivity index (χ2v) is 6.26. The summed E-state index contributed by atoms with van der Waals surface area (Å²) in [5.41, 5.74) is 1.16. The zero-order chi connectivity index (χ0) is 23.0. The van der Waals surface area contributed by atoms with Crippen molar-refractivity contribution in [3.63, 3.8) is 0 Å². The van der Waals surface area contributed by atoms with Crippen molar-refractivity contribution in [3.05, 3.63) is 53.1 Å². The number of hydrogen-bond acceptors (Lipinski definition) is 8. The van der Waals surface area contributed by atoms with E-state index in [0.717, 1.165) is 0 Å². The van der Waals surface area contributed by atoms with Crippen LogP contribution in [0.2, 0.25) is 0 Å². The van der Waals surface area contributed by atoms with E-state index in [-0.39, 0.29) is 29.4 Å². The van der Waals surface area contributed by atoms with Crippen molar-refractivity contribution in [3.8, 4) is 17.2 Å². The molecule has 0 aliphatic rings. The minimum Gasteiger partial charge on any atom is -0.462 e. The van der Waals surface area contributed by atoms with Crippen LogP contribution in [0, 0.1) is 0 Å². The summed E-state index contributed by atoms with van der Waals surface area (Å²) in [5, 5.41) is 0. The van der Waals surface area contributed by atoms with Gasteiger partial charge in [-0.3, -0.25) is 14.4 Å². The highest BCUT2D eigenvalue weighted by Crippen LogP contribution is 2.30. The SMILES string of the molecule is CCOC(=O)c1c(C=Cc2ccc(OC(C)=O)c(OC(C)=O)c2)cccc1OC(C)=O. The van der Waals surface area contributed by atoms with Gasteiger partial charge >= 0.3 is 23.9 Å². The summed E-state index contributed by atoms with van der Waals surface area (Å²) < 4.78 is 20.4. The van der Waals surface area contributed by atoms with Crippen LogP contribution < -0.4 is 14.2 Å². The first-order valence-electron chi connectivity index (χ1n) is 9.38. The minimum atomic E-state index is -0.634. The Labute approximate surface area is 179 Å². The molecule has 0 atom stereocenters. The second kappa shape index (κ2) is 10.7. The van der Waals surface area contributed by atoms with E-state index in [1.54, 1.807) is 37.3 Å². The Kier molecular flexibility index (Phi) is 8.08. The Hall–Kier alpha value is -3.94. The maximum Gasteiger partial charge on any atom is 0.342 e. The van der Waals surface area contributed by atoms with Crippen molar-refractivity contribution in [2.24, 2.45) is 0 Å². The molecule has 8 nitrogen and oxygen atoms in total. The number of hydrogen-bond donors (Lipinski definition) is 0. The van der Waals surface area contributed by atoms with Gasteiger partial charge in [-0.05, 0) is 36.2 Å². The van der Waals surface area contributed by atoms with Crippen molar-refractivity contribution >= 4 is 36.0 Å². The fraction of sp³-hybridized carbons (Fsp3) is 0.217. The molecule has 31 heavy (non-hydrogen) atoms. The molecule has 0 aromatic heterocycles. The van der Waals surface area contributed by atoms with Crippen molar-refractivity contribution in [2.45, 2.75) is 27.7 Å². The summed E-state index contributed by atoms with van der Waals surface area (Å²) in [7, 11) is 0. The summed E-state index contributed by atoms with van der Waals surface area (Å²) >= 11 is 0. The molecule has 2 rings (SSSR count). The quantitative estimate of drug-likeness (QED) is 0.374. The molecule has 0 N–H and O–H groups in total. The van der Waals surface area contributed by atoms with E-state index in [9.17, 15) is 19.2 Å². The minimum absolute atomic E-state index is 0.0733. The van der Waals surface area contributed by atoms with Crippen molar-refractivity contribution < 1.29 is 38.1 Å². The molecule has 0 fully saturated rings. The molecule has 0 unspecified atom stereocenters. The van der Waals surface area contributed by atoms with Crippen molar-refractivity contribution in [2.75, 3.05) is 6.61 Å². The van der Waals surface area contributed by atoms with Crippen LogP contribution in [0.3, 0.4) is 0 Å². The standard InChI is InChI=1S/C23H22O8/c1-5-28-23(27)22-18(7-6-8-20(22)30-15(3)25)11-9-17-10-12-19(29-14(2)24)21(13-17)31-16(4)26/h6-13H,5H2,1-4H3. The molecule has 0 radical (unpaired) electrons. The van der Waals surface area contributed by atoms with Gasteiger partial charge in [-0.1, -0.05) is 30.4 Å². The Morgan fingerprint density at radius 1 is 0.774 bits per heavy atom. The summed E-state index contributed by atoms with van der Waals surface area (Å²) in [6.45, 7) is 5.52. The van der Waals surface area contributed by atoms with Crippen molar-refractivity contribution in [1.82, 2.24) is 0 Å². The fourth-order valence-electron chi connectivity index (χ4n) is 2.64. The first-order valence-corrected chi connectivity index (χ1v) is 9.38. The van der Waals surface area contributed by atoms with Gasteiger partial charge in [0.05, 0.1) is 6.61 Å². The topological polar surface area (TPSA) is 105 Å². The third-order valence-corrected chi connectivity index (χ3v) is 3.72. The molecule has 0 amide bonds. The average Bonchev–Trinajstić information content (AvgIpc) is 2.67. The highest BCUT2D eigenvalue weighted by atomic mass is 16.6. The largest absolute Gasteiger partial charge is 0.462 e. The van der Waals surface area contributed by atoms with Gasteiger partial charge in [0.25, 0.3) is 0 Å². The molecule has 162 valence electrons. The van der Waals surface area contributed by atoms with E-state index in [2.05, 4.69) is 0 Å². The molecular weight excluding hydrogens is 404 g/mol. The number of carbonyl (C=O) groups is 4. The predicted molar refractivity (Wildman–Crippen MR) is 112 cm³/mol. The van der Waals surface area contributed by atoms with Crippen LogP contribution in [0.4, 0.5) is 0 Å². The highest BCUT2D eigenvalue weighted by Gasteiger charge is 2.19. The number of esters is 4. The summed E-state index contributed by atoms with van der Waals surface area (Å²) in [6, 6.07) is 9.43. The highest BCUT2D eigenvalue weighted by molar-refractivity contribution is 5.98. The van der Waals surface area contributed by atoms with Crippen LogP contribution in [0.15, 0.2) is 36.4 Å². The molecule has 0 heterocycles. The lowest BCUT2D eigenvalue weighted by molar-refractivity contribution is -0.134. The Morgan fingerprint density at radius 3 is 2.00 bits per heavy atom. The van der Waals surface area contributed by atoms with Crippen LogP contribution in [0.1, 0.15) is 49.2 Å². The summed E-state index contributed by atoms with van der Waals surface area (Å²) in [5.74, 6) is -2.08. The zero-order valence-corrected chi connectivity index (χ0v) is 17.6. The summed E-state index contributed by atoms with van der Waals surface area (Å²) in [4.78, 5) is 46.5. The van der Waals surface area contributed by atoms with Gasteiger partial charge in [-0.25, -0.2) is 4.79 Å². The zero-order valence-electron chi connectivity index (χ0n) is 17.6. The molecule has 2 aromatic rings. The third kappa shape index (κ3) is 6.81. The lowest BCUT2D eigenvalue weighted by Gasteiger charge is -2.11. The Morgan fingerprint density at radius 2 is 1.39 bits per heavy atom. The number of carbonyl (C=O) groups excluding carboxylic acids is 4. The van der Waals surface area contributed by atoms with E-state index in [0.29, 0.717) is 11.1 Å². The second-order valence-electron chi connectivity index (χ2n) is 6.26. The van der Waals surface area contributed by atoms with E-state index in [4.69, 9.17) is 18.9 Å². The molecule has 2 aromatic carbocycles. The Balaban J connectivity index is 2.46. The number of benzene rings is 2. The maximum atomic E-state index is 12.4. The first kappa shape index (κ1) is 23.3. The van der Waals surface area contributed by atoms with Crippen LogP contribution in [0.5, 0.6) is 17.2 Å². The molecular formula is C23H22O8. The van der Waals surface area contributed by atoms with Crippen molar-refractivity contribution in [1.29, 1.82) is 0 Å². The number of ether oxygens (including phenoxy) is 4. The van der Waals surface area contributed by atoms with Gasteiger partial charge < -0.3 is 18.9 Å². The molecule has 0 bridgehead atoms. The van der Waals surface area contributed by atoms with Gasteiger partial charge in [-0.2, -0.15) is 0 Å². The van der Waals surface area contributed by atoms with E-state index < -0.39 is 23.9 Å². The van der Waals surface area contributed by atoms with E-state index in [1.165, 1.54) is 39.0 Å². The molecule has 0 spiro atoms. The molecule has 0 saturated carbocycles. The molecule has 8 heteroatoms. The fourth-order valence-corrected chi connectivity index (χ4v) is 2.64.